The highest BCUT2D eigenvalue weighted by atomic mass is 32.2. The van der Waals surface area contributed by atoms with Crippen LogP contribution in [0.4, 0.5) is 0 Å². The molecule has 3 heterocycles. The Labute approximate surface area is 179 Å². The topological polar surface area (TPSA) is 98.1 Å². The lowest BCUT2D eigenvalue weighted by Crippen LogP contribution is -2.27. The average Bonchev–Trinajstić information content (AvgIpc) is 3.52. The van der Waals surface area contributed by atoms with Crippen LogP contribution in [0.5, 0.6) is 11.5 Å². The van der Waals surface area contributed by atoms with Gasteiger partial charge in [0, 0.05) is 30.6 Å². The zero-order chi connectivity index (χ0) is 21.6. The van der Waals surface area contributed by atoms with E-state index in [0.717, 1.165) is 18.4 Å². The zero-order valence-electron chi connectivity index (χ0n) is 17.0. The molecule has 31 heavy (non-hydrogen) atoms. The Balaban J connectivity index is 1.37. The van der Waals surface area contributed by atoms with E-state index in [-0.39, 0.29) is 23.4 Å². The molecule has 0 aliphatic carbocycles. The van der Waals surface area contributed by atoms with Crippen molar-refractivity contribution < 1.29 is 27.1 Å². The number of carbonyl (C=O) groups is 1. The van der Waals surface area contributed by atoms with E-state index < -0.39 is 10.0 Å². The van der Waals surface area contributed by atoms with E-state index >= 15 is 0 Å². The second-order valence-electron chi connectivity index (χ2n) is 7.70. The van der Waals surface area contributed by atoms with Gasteiger partial charge in [-0.25, -0.2) is 8.42 Å². The van der Waals surface area contributed by atoms with Crippen molar-refractivity contribution in [1.29, 1.82) is 0 Å². The molecule has 162 valence electrons. The summed E-state index contributed by atoms with van der Waals surface area (Å²) in [6, 6.07) is 10.2. The number of hydrogen-bond donors (Lipinski definition) is 1. The molecular formula is C22H22N2O6S. The highest BCUT2D eigenvalue weighted by molar-refractivity contribution is 7.89. The third-order valence-electron chi connectivity index (χ3n) is 5.71. The first-order valence-corrected chi connectivity index (χ1v) is 11.6. The van der Waals surface area contributed by atoms with Crippen LogP contribution >= 0.6 is 0 Å². The molecule has 2 aliphatic rings. The van der Waals surface area contributed by atoms with Crippen LogP contribution in [0.2, 0.25) is 0 Å². The van der Waals surface area contributed by atoms with Crippen molar-refractivity contribution in [3.05, 3.63) is 53.3 Å². The molecular weight excluding hydrogens is 420 g/mol. The fourth-order valence-electron chi connectivity index (χ4n) is 3.97. The van der Waals surface area contributed by atoms with Crippen molar-refractivity contribution >= 4 is 26.9 Å². The number of nitrogens with zero attached hydrogens (tertiary/aromatic N) is 1. The summed E-state index contributed by atoms with van der Waals surface area (Å²) in [7, 11) is -3.54. The van der Waals surface area contributed by atoms with Gasteiger partial charge in [-0.2, -0.15) is 4.31 Å². The van der Waals surface area contributed by atoms with Gasteiger partial charge >= 0.3 is 0 Å². The van der Waals surface area contributed by atoms with Gasteiger partial charge in [0.05, 0.1) is 4.90 Å². The molecule has 0 unspecified atom stereocenters. The van der Waals surface area contributed by atoms with Crippen molar-refractivity contribution in [2.45, 2.75) is 31.2 Å². The Morgan fingerprint density at radius 1 is 1.06 bits per heavy atom. The molecule has 2 aromatic carbocycles. The molecule has 1 saturated heterocycles. The summed E-state index contributed by atoms with van der Waals surface area (Å²) in [6.45, 7) is 3.32. The smallest absolute Gasteiger partial charge is 0.287 e. The molecule has 1 amide bonds. The fraction of sp³-hybridized carbons (Fsp3) is 0.318. The van der Waals surface area contributed by atoms with Gasteiger partial charge in [0.1, 0.15) is 5.58 Å². The number of fused-ring (bicyclic) bond motifs is 2. The molecule has 9 heteroatoms. The van der Waals surface area contributed by atoms with Crippen LogP contribution in [-0.4, -0.2) is 38.5 Å². The van der Waals surface area contributed by atoms with E-state index in [1.807, 2.05) is 12.1 Å². The number of sulfonamides is 1. The molecule has 2 aliphatic heterocycles. The predicted molar refractivity (Wildman–Crippen MR) is 113 cm³/mol. The highest BCUT2D eigenvalue weighted by Gasteiger charge is 2.28. The van der Waals surface area contributed by atoms with Crippen LogP contribution in [0, 0.1) is 6.92 Å². The molecule has 5 rings (SSSR count). The first kappa shape index (κ1) is 19.9. The van der Waals surface area contributed by atoms with Gasteiger partial charge in [-0.1, -0.05) is 6.07 Å². The van der Waals surface area contributed by atoms with E-state index in [1.54, 1.807) is 25.1 Å². The summed E-state index contributed by atoms with van der Waals surface area (Å²) < 4.78 is 43.6. The standard InChI is InChI=1S/C22H22N2O6S/c1-14-17-11-16(31(26,27)24-8-2-3-9-24)5-7-18(17)30-21(14)22(25)23-12-15-4-6-19-20(10-15)29-13-28-19/h4-7,10-11H,2-3,8-9,12-13H2,1H3,(H,23,25). The molecule has 8 nitrogen and oxygen atoms in total. The molecule has 0 atom stereocenters. The number of benzene rings is 2. The highest BCUT2D eigenvalue weighted by Crippen LogP contribution is 2.33. The maximum atomic E-state index is 12.9. The summed E-state index contributed by atoms with van der Waals surface area (Å²) in [5, 5.41) is 3.46. The number of nitrogens with one attached hydrogen (secondary N) is 1. The number of ether oxygens (including phenoxy) is 2. The van der Waals surface area contributed by atoms with Crippen LogP contribution < -0.4 is 14.8 Å². The van der Waals surface area contributed by atoms with E-state index in [1.165, 1.54) is 10.4 Å². The van der Waals surface area contributed by atoms with E-state index in [9.17, 15) is 13.2 Å². The van der Waals surface area contributed by atoms with Crippen molar-refractivity contribution in [3.8, 4) is 11.5 Å². The van der Waals surface area contributed by atoms with Gasteiger partial charge in [0.15, 0.2) is 17.3 Å². The van der Waals surface area contributed by atoms with Crippen LogP contribution in [0.3, 0.4) is 0 Å². The minimum Gasteiger partial charge on any atom is -0.454 e. The molecule has 1 N–H and O–H groups in total. The monoisotopic (exact) mass is 442 g/mol. The van der Waals surface area contributed by atoms with Gasteiger partial charge < -0.3 is 19.2 Å². The number of furan rings is 1. The fourth-order valence-corrected chi connectivity index (χ4v) is 5.51. The summed E-state index contributed by atoms with van der Waals surface area (Å²) in [6.07, 6.45) is 1.75. The molecule has 0 bridgehead atoms. The number of rotatable bonds is 5. The summed E-state index contributed by atoms with van der Waals surface area (Å²) >= 11 is 0. The van der Waals surface area contributed by atoms with Crippen LogP contribution in [0.25, 0.3) is 11.0 Å². The molecule has 1 aromatic heterocycles. The molecule has 0 saturated carbocycles. The zero-order valence-corrected chi connectivity index (χ0v) is 17.8. The van der Waals surface area contributed by atoms with Gasteiger partial charge in [-0.15, -0.1) is 0 Å². The normalized spacial score (nSPS) is 16.2. The van der Waals surface area contributed by atoms with Crippen LogP contribution in [-0.2, 0) is 16.6 Å². The molecule has 1 fully saturated rings. The number of carbonyl (C=O) groups excluding carboxylic acids is 1. The third kappa shape index (κ3) is 3.53. The third-order valence-corrected chi connectivity index (χ3v) is 7.60. The van der Waals surface area contributed by atoms with Crippen LogP contribution in [0.15, 0.2) is 45.7 Å². The lowest BCUT2D eigenvalue weighted by molar-refractivity contribution is 0.0924. The number of hydrogen-bond acceptors (Lipinski definition) is 6. The Kier molecular flexibility index (Phi) is 4.86. The number of amides is 1. The minimum atomic E-state index is -3.54. The van der Waals surface area contributed by atoms with Crippen molar-refractivity contribution in [2.24, 2.45) is 0 Å². The first-order chi connectivity index (χ1) is 14.9. The Hall–Kier alpha value is -3.04. The second kappa shape index (κ2) is 7.58. The van der Waals surface area contributed by atoms with Gasteiger partial charge in [0.25, 0.3) is 5.91 Å². The van der Waals surface area contributed by atoms with Crippen LogP contribution in [0.1, 0.15) is 34.5 Å². The maximum absolute atomic E-state index is 12.9. The summed E-state index contributed by atoms with van der Waals surface area (Å²) in [4.78, 5) is 13.0. The Morgan fingerprint density at radius 3 is 2.65 bits per heavy atom. The van der Waals surface area contributed by atoms with Gasteiger partial charge in [-0.05, 0) is 55.7 Å². The largest absolute Gasteiger partial charge is 0.454 e. The van der Waals surface area contributed by atoms with E-state index in [2.05, 4.69) is 5.32 Å². The maximum Gasteiger partial charge on any atom is 0.287 e. The minimum absolute atomic E-state index is 0.173. The Bertz CT molecular complexity index is 1270. The first-order valence-electron chi connectivity index (χ1n) is 10.1. The number of aryl methyl sites for hydroxylation is 1. The predicted octanol–water partition coefficient (Wildman–Crippen LogP) is 3.18. The molecule has 3 aromatic rings. The van der Waals surface area contributed by atoms with Crippen molar-refractivity contribution in [3.63, 3.8) is 0 Å². The average molecular weight is 442 g/mol. The lowest BCUT2D eigenvalue weighted by Gasteiger charge is -2.15. The van der Waals surface area contributed by atoms with Crippen molar-refractivity contribution in [1.82, 2.24) is 9.62 Å². The SMILES string of the molecule is Cc1c(C(=O)NCc2ccc3c(c2)OCO3)oc2ccc(S(=O)(=O)N3CCCC3)cc12. The summed E-state index contributed by atoms with van der Waals surface area (Å²) in [5.41, 5.74) is 1.95. The Morgan fingerprint density at radius 2 is 1.84 bits per heavy atom. The quantitative estimate of drug-likeness (QED) is 0.652. The van der Waals surface area contributed by atoms with E-state index in [0.29, 0.717) is 47.7 Å². The second-order valence-corrected chi connectivity index (χ2v) is 9.63. The molecule has 0 radical (unpaired) electrons. The van der Waals surface area contributed by atoms with E-state index in [4.69, 9.17) is 13.9 Å². The molecule has 0 spiro atoms. The van der Waals surface area contributed by atoms with Crippen molar-refractivity contribution in [2.75, 3.05) is 19.9 Å². The van der Waals surface area contributed by atoms with Gasteiger partial charge in [0.2, 0.25) is 16.8 Å². The summed E-state index contributed by atoms with van der Waals surface area (Å²) in [5.74, 6) is 1.14. The van der Waals surface area contributed by atoms with Gasteiger partial charge in [-0.3, -0.25) is 4.79 Å². The lowest BCUT2D eigenvalue weighted by atomic mass is 10.1.